The predicted molar refractivity (Wildman–Crippen MR) is 41.9 cm³/mol. The van der Waals surface area contributed by atoms with Gasteiger partial charge in [0.2, 0.25) is 0 Å². The van der Waals surface area contributed by atoms with Gasteiger partial charge in [0.1, 0.15) is 0 Å². The van der Waals surface area contributed by atoms with Crippen LogP contribution in [0.15, 0.2) is 20.7 Å². The molecule has 1 radical (unpaired) electrons. The van der Waals surface area contributed by atoms with Crippen LogP contribution in [-0.4, -0.2) is 5.66 Å². The van der Waals surface area contributed by atoms with E-state index in [9.17, 15) is 0 Å². The molecule has 0 aromatic rings. The Hall–Kier alpha value is -0.800. The van der Waals surface area contributed by atoms with E-state index in [1.165, 1.54) is 0 Å². The highest BCUT2D eigenvalue weighted by molar-refractivity contribution is 4.85. The minimum Gasteiger partial charge on any atom is -0.135 e. The first kappa shape index (κ1) is 8.30. The summed E-state index contributed by atoms with van der Waals surface area (Å²) >= 11 is 0. The smallest absolute Gasteiger partial charge is 0.135 e. The Balaban J connectivity index is 2.47. The molecule has 0 atom stereocenters. The van der Waals surface area contributed by atoms with E-state index < -0.39 is 5.66 Å². The molecule has 0 unspecified atom stereocenters. The van der Waals surface area contributed by atoms with Gasteiger partial charge in [-0.25, -0.2) is 0 Å². The average molecular weight is 153 g/mol. The van der Waals surface area contributed by atoms with Gasteiger partial charge in [-0.3, -0.25) is 0 Å². The molecule has 0 N–H and O–H groups in total. The number of unbranched alkanes of at least 4 members (excludes halogenated alkanes) is 1. The van der Waals surface area contributed by atoms with E-state index in [0.717, 1.165) is 19.3 Å². The van der Waals surface area contributed by atoms with Gasteiger partial charge < -0.3 is 0 Å². The van der Waals surface area contributed by atoms with Crippen molar-refractivity contribution in [2.45, 2.75) is 38.3 Å². The molecule has 61 valence electrons. The van der Waals surface area contributed by atoms with Gasteiger partial charge in [-0.2, -0.15) is 0 Å². The average Bonchev–Trinajstić information content (AvgIpc) is 2.50. The zero-order valence-corrected chi connectivity index (χ0v) is 6.82. The van der Waals surface area contributed by atoms with Crippen molar-refractivity contribution in [1.29, 1.82) is 0 Å². The standard InChI is InChI=1S/C7H13N4/c1-3-5-6-7(4-2)8-10-11-9-7/h2-6H2,1H3. The molecular weight excluding hydrogens is 140 g/mol. The van der Waals surface area contributed by atoms with Gasteiger partial charge in [-0.05, 0) is 36.6 Å². The van der Waals surface area contributed by atoms with Crippen molar-refractivity contribution in [3.05, 3.63) is 6.92 Å². The molecule has 0 spiro atoms. The molecule has 0 amide bonds. The Kier molecular flexibility index (Phi) is 2.68. The molecule has 0 fully saturated rings. The van der Waals surface area contributed by atoms with Crippen LogP contribution in [0, 0.1) is 6.92 Å². The van der Waals surface area contributed by atoms with Gasteiger partial charge in [-0.15, -0.1) is 10.2 Å². The van der Waals surface area contributed by atoms with Crippen LogP contribution >= 0.6 is 0 Å². The van der Waals surface area contributed by atoms with Crippen LogP contribution in [0.4, 0.5) is 0 Å². The lowest BCUT2D eigenvalue weighted by Gasteiger charge is -2.15. The zero-order valence-electron chi connectivity index (χ0n) is 6.82. The topological polar surface area (TPSA) is 49.4 Å². The largest absolute Gasteiger partial charge is 0.195 e. The number of hydrogen-bond donors (Lipinski definition) is 0. The SMILES string of the molecule is [CH2]CC1(CCCC)N=NN=N1. The lowest BCUT2D eigenvalue weighted by atomic mass is 10.0. The van der Waals surface area contributed by atoms with Gasteiger partial charge in [0.15, 0.2) is 5.66 Å². The van der Waals surface area contributed by atoms with Gasteiger partial charge in [0, 0.05) is 0 Å². The molecule has 4 nitrogen and oxygen atoms in total. The van der Waals surface area contributed by atoms with Crippen molar-refractivity contribution in [2.24, 2.45) is 20.7 Å². The van der Waals surface area contributed by atoms with Gasteiger partial charge in [0.25, 0.3) is 0 Å². The summed E-state index contributed by atoms with van der Waals surface area (Å²) in [6.07, 6.45) is 3.82. The molecule has 1 rings (SSSR count). The van der Waals surface area contributed by atoms with Crippen LogP contribution in [0.1, 0.15) is 32.6 Å². The normalized spacial score (nSPS) is 19.5. The second-order valence-electron chi connectivity index (χ2n) is 2.71. The first-order chi connectivity index (χ1) is 5.33. The molecule has 0 aromatic heterocycles. The van der Waals surface area contributed by atoms with E-state index in [2.05, 4.69) is 34.5 Å². The van der Waals surface area contributed by atoms with Crippen LogP contribution in [0.3, 0.4) is 0 Å². The Morgan fingerprint density at radius 3 is 2.36 bits per heavy atom. The maximum Gasteiger partial charge on any atom is 0.195 e. The molecule has 11 heavy (non-hydrogen) atoms. The quantitative estimate of drug-likeness (QED) is 0.596. The summed E-state index contributed by atoms with van der Waals surface area (Å²) in [6.45, 7) is 5.92. The minimum absolute atomic E-state index is 0.407. The van der Waals surface area contributed by atoms with E-state index in [1.807, 2.05) is 0 Å². The summed E-state index contributed by atoms with van der Waals surface area (Å²) in [6, 6.07) is 0. The van der Waals surface area contributed by atoms with Gasteiger partial charge in [-0.1, -0.05) is 13.3 Å². The minimum atomic E-state index is -0.407. The molecule has 4 heteroatoms. The number of hydrogen-bond acceptors (Lipinski definition) is 4. The fourth-order valence-corrected chi connectivity index (χ4v) is 1.01. The monoisotopic (exact) mass is 153 g/mol. The first-order valence-electron chi connectivity index (χ1n) is 3.96. The summed E-state index contributed by atoms with van der Waals surface area (Å²) < 4.78 is 0. The molecule has 0 saturated heterocycles. The summed E-state index contributed by atoms with van der Waals surface area (Å²) in [4.78, 5) is 0. The highest BCUT2D eigenvalue weighted by Gasteiger charge is 2.29. The van der Waals surface area contributed by atoms with Crippen LogP contribution in [-0.2, 0) is 0 Å². The molecule has 0 saturated carbocycles. The third kappa shape index (κ3) is 1.82. The highest BCUT2D eigenvalue weighted by atomic mass is 15.6. The molecule has 1 aliphatic rings. The van der Waals surface area contributed by atoms with E-state index >= 15 is 0 Å². The Morgan fingerprint density at radius 1 is 1.27 bits per heavy atom. The molecular formula is C7H13N4. The summed E-state index contributed by atoms with van der Waals surface area (Å²) in [7, 11) is 0. The Bertz CT molecular complexity index is 161. The summed E-state index contributed by atoms with van der Waals surface area (Å²) in [5.41, 5.74) is -0.407. The second kappa shape index (κ2) is 3.55. The molecule has 1 heterocycles. The molecule has 0 aromatic carbocycles. The first-order valence-corrected chi connectivity index (χ1v) is 3.96. The fraction of sp³-hybridized carbons (Fsp3) is 0.857. The summed E-state index contributed by atoms with van der Waals surface area (Å²) in [5.74, 6) is 0. The second-order valence-corrected chi connectivity index (χ2v) is 2.71. The van der Waals surface area contributed by atoms with Crippen molar-refractivity contribution in [1.82, 2.24) is 0 Å². The lowest BCUT2D eigenvalue weighted by Crippen LogP contribution is -2.19. The van der Waals surface area contributed by atoms with Crippen LogP contribution in [0.5, 0.6) is 0 Å². The Labute approximate surface area is 66.8 Å². The van der Waals surface area contributed by atoms with Crippen molar-refractivity contribution in [3.8, 4) is 0 Å². The van der Waals surface area contributed by atoms with Crippen LogP contribution in [0.2, 0.25) is 0 Å². The lowest BCUT2D eigenvalue weighted by molar-refractivity contribution is 0.397. The zero-order chi connectivity index (χ0) is 8.16. The van der Waals surface area contributed by atoms with E-state index in [0.29, 0.717) is 6.42 Å². The third-order valence-corrected chi connectivity index (χ3v) is 1.83. The van der Waals surface area contributed by atoms with E-state index in [1.54, 1.807) is 0 Å². The number of rotatable bonds is 4. The van der Waals surface area contributed by atoms with Crippen LogP contribution < -0.4 is 0 Å². The van der Waals surface area contributed by atoms with Crippen molar-refractivity contribution >= 4 is 0 Å². The third-order valence-electron chi connectivity index (χ3n) is 1.83. The van der Waals surface area contributed by atoms with Gasteiger partial charge >= 0.3 is 0 Å². The Morgan fingerprint density at radius 2 is 1.91 bits per heavy atom. The van der Waals surface area contributed by atoms with Crippen molar-refractivity contribution in [2.75, 3.05) is 0 Å². The van der Waals surface area contributed by atoms with E-state index in [4.69, 9.17) is 0 Å². The highest BCUT2D eigenvalue weighted by Crippen LogP contribution is 2.29. The predicted octanol–water partition coefficient (Wildman–Crippen LogP) is 2.93. The van der Waals surface area contributed by atoms with Crippen LogP contribution in [0.25, 0.3) is 0 Å². The van der Waals surface area contributed by atoms with Crippen molar-refractivity contribution < 1.29 is 0 Å². The van der Waals surface area contributed by atoms with Crippen molar-refractivity contribution in [3.63, 3.8) is 0 Å². The maximum absolute atomic E-state index is 3.95. The van der Waals surface area contributed by atoms with E-state index in [-0.39, 0.29) is 0 Å². The molecule has 0 aliphatic carbocycles. The maximum atomic E-state index is 3.95. The number of nitrogens with zero attached hydrogens (tertiary/aromatic N) is 4. The van der Waals surface area contributed by atoms with Gasteiger partial charge in [0.05, 0.1) is 0 Å². The molecule has 1 aliphatic heterocycles. The summed E-state index contributed by atoms with van der Waals surface area (Å²) in [5, 5.41) is 14.9. The fourth-order valence-electron chi connectivity index (χ4n) is 1.01. The molecule has 0 bridgehead atoms.